The molecule has 0 aromatic rings. The van der Waals surface area contributed by atoms with Crippen LogP contribution in [-0.2, 0) is 0 Å². The highest BCUT2D eigenvalue weighted by Gasteiger charge is 1.79. The smallest absolute Gasteiger partial charge is 0.180 e. The minimum absolute atomic E-state index is 0.355. The van der Waals surface area contributed by atoms with Gasteiger partial charge in [0.1, 0.15) is 0 Å². The van der Waals surface area contributed by atoms with Crippen molar-refractivity contribution in [3.8, 4) is 0 Å². The summed E-state index contributed by atoms with van der Waals surface area (Å²) in [5.41, 5.74) is 0. The highest BCUT2D eigenvalue weighted by atomic mass is 35.6. The number of rotatable bonds is 3. The molecular weight excluding hydrogens is 222 g/mol. The first-order valence-electron chi connectivity index (χ1n) is 3.63. The molecule has 2 nitrogen and oxygen atoms in total. The number of unbranched alkanes of at least 4 members (excludes halogenated alkanes) is 2. The van der Waals surface area contributed by atoms with E-state index in [9.17, 15) is 0 Å². The van der Waals surface area contributed by atoms with Gasteiger partial charge in [0.25, 0.3) is 0 Å². The summed E-state index contributed by atoms with van der Waals surface area (Å²) in [6.45, 7) is 2.48. The molecule has 0 radical (unpaired) electrons. The predicted molar refractivity (Wildman–Crippen MR) is 56.1 cm³/mol. The summed E-state index contributed by atoms with van der Waals surface area (Å²) in [7, 11) is 1.00. The zero-order valence-electron chi connectivity index (χ0n) is 7.43. The van der Waals surface area contributed by atoms with Gasteiger partial charge < -0.3 is 10.2 Å². The minimum atomic E-state index is -0.750. The van der Waals surface area contributed by atoms with Crippen molar-refractivity contribution in [3.63, 3.8) is 0 Å². The van der Waals surface area contributed by atoms with Crippen LogP contribution >= 0.6 is 34.8 Å². The first-order chi connectivity index (χ1) is 5.65. The van der Waals surface area contributed by atoms with E-state index in [1.54, 1.807) is 0 Å². The molecular formula is C7H17Cl3O2. The molecule has 0 aliphatic heterocycles. The number of halogens is 3. The third-order valence-electron chi connectivity index (χ3n) is 0.762. The lowest BCUT2D eigenvalue weighted by Gasteiger charge is -1.85. The van der Waals surface area contributed by atoms with E-state index in [0.29, 0.717) is 6.61 Å². The van der Waals surface area contributed by atoms with E-state index in [1.165, 1.54) is 6.42 Å². The van der Waals surface area contributed by atoms with E-state index < -0.39 is 4.30 Å². The maximum Gasteiger partial charge on any atom is 0.180 e. The van der Waals surface area contributed by atoms with Crippen molar-refractivity contribution in [2.24, 2.45) is 0 Å². The van der Waals surface area contributed by atoms with Crippen LogP contribution in [0.2, 0.25) is 0 Å². The summed E-state index contributed by atoms with van der Waals surface area (Å²) in [4.78, 5) is 0. The molecule has 0 amide bonds. The SMILES string of the molecule is CCCCCO.CO.ClC(Cl)Cl. The van der Waals surface area contributed by atoms with Gasteiger partial charge in [0.2, 0.25) is 0 Å². The number of aliphatic hydroxyl groups is 2. The Balaban J connectivity index is -0.000000118. The average molecular weight is 240 g/mol. The zero-order valence-corrected chi connectivity index (χ0v) is 9.70. The third kappa shape index (κ3) is 72.0. The maximum atomic E-state index is 8.20. The Hall–Kier alpha value is 0.790. The molecule has 0 atom stereocenters. The number of aliphatic hydroxyl groups excluding tert-OH is 2. The summed E-state index contributed by atoms with van der Waals surface area (Å²) in [6, 6.07) is 0. The van der Waals surface area contributed by atoms with Gasteiger partial charge >= 0.3 is 0 Å². The molecule has 12 heavy (non-hydrogen) atoms. The van der Waals surface area contributed by atoms with Gasteiger partial charge in [0, 0.05) is 13.7 Å². The molecule has 0 saturated heterocycles. The van der Waals surface area contributed by atoms with E-state index >= 15 is 0 Å². The lowest BCUT2D eigenvalue weighted by atomic mass is 10.3. The van der Waals surface area contributed by atoms with Crippen LogP contribution in [0.15, 0.2) is 0 Å². The van der Waals surface area contributed by atoms with Gasteiger partial charge in [0.05, 0.1) is 0 Å². The molecule has 0 bridgehead atoms. The molecule has 0 aliphatic rings. The minimum Gasteiger partial charge on any atom is -0.400 e. The molecule has 0 saturated carbocycles. The normalized spacial score (nSPS) is 8.00. The van der Waals surface area contributed by atoms with Crippen molar-refractivity contribution in [2.45, 2.75) is 30.5 Å². The molecule has 0 aromatic heterocycles. The fourth-order valence-electron chi connectivity index (χ4n) is 0.362. The van der Waals surface area contributed by atoms with Crippen LogP contribution in [-0.4, -0.2) is 28.2 Å². The van der Waals surface area contributed by atoms with Crippen molar-refractivity contribution in [1.82, 2.24) is 0 Å². The van der Waals surface area contributed by atoms with Gasteiger partial charge in [-0.1, -0.05) is 54.6 Å². The summed E-state index contributed by atoms with van der Waals surface area (Å²) < 4.78 is -0.750. The molecule has 78 valence electrons. The predicted octanol–water partition coefficient (Wildman–Crippen LogP) is 2.76. The van der Waals surface area contributed by atoms with Crippen molar-refractivity contribution in [2.75, 3.05) is 13.7 Å². The largest absolute Gasteiger partial charge is 0.400 e. The lowest BCUT2D eigenvalue weighted by Crippen LogP contribution is -1.78. The second-order valence-corrected chi connectivity index (χ2v) is 3.66. The van der Waals surface area contributed by atoms with E-state index in [1.807, 2.05) is 0 Å². The van der Waals surface area contributed by atoms with Crippen molar-refractivity contribution in [1.29, 1.82) is 0 Å². The summed E-state index contributed by atoms with van der Waals surface area (Å²) in [6.07, 6.45) is 3.33. The van der Waals surface area contributed by atoms with E-state index in [0.717, 1.165) is 20.0 Å². The first-order valence-corrected chi connectivity index (χ1v) is 4.93. The van der Waals surface area contributed by atoms with Crippen LogP contribution in [0.1, 0.15) is 26.2 Å². The van der Waals surface area contributed by atoms with Gasteiger partial charge in [-0.15, -0.1) is 0 Å². The Kier molecular flexibility index (Phi) is 35.0. The van der Waals surface area contributed by atoms with Crippen LogP contribution in [0, 0.1) is 0 Å². The van der Waals surface area contributed by atoms with E-state index in [-0.39, 0.29) is 0 Å². The zero-order chi connectivity index (χ0) is 10.4. The maximum absolute atomic E-state index is 8.20. The molecule has 0 heterocycles. The quantitative estimate of drug-likeness (QED) is 0.587. The van der Waals surface area contributed by atoms with Crippen LogP contribution < -0.4 is 0 Å². The van der Waals surface area contributed by atoms with Crippen LogP contribution in [0.4, 0.5) is 0 Å². The van der Waals surface area contributed by atoms with E-state index in [2.05, 4.69) is 6.92 Å². The lowest BCUT2D eigenvalue weighted by molar-refractivity contribution is 0.284. The van der Waals surface area contributed by atoms with Crippen molar-refractivity contribution >= 4 is 34.8 Å². The third-order valence-corrected chi connectivity index (χ3v) is 0.762. The van der Waals surface area contributed by atoms with Crippen LogP contribution in [0.25, 0.3) is 0 Å². The Morgan fingerprint density at radius 2 is 1.42 bits per heavy atom. The number of hydrogen-bond acceptors (Lipinski definition) is 2. The molecule has 0 spiro atoms. The first kappa shape index (κ1) is 18.5. The van der Waals surface area contributed by atoms with Gasteiger partial charge in [-0.25, -0.2) is 0 Å². The highest BCUT2D eigenvalue weighted by molar-refractivity contribution is 6.63. The highest BCUT2D eigenvalue weighted by Crippen LogP contribution is 2.03. The fourth-order valence-corrected chi connectivity index (χ4v) is 0.362. The molecule has 0 rings (SSSR count). The Morgan fingerprint density at radius 3 is 1.50 bits per heavy atom. The summed E-state index contributed by atoms with van der Waals surface area (Å²) >= 11 is 14.4. The molecule has 0 fully saturated rings. The second-order valence-electron chi connectivity index (χ2n) is 1.68. The summed E-state index contributed by atoms with van der Waals surface area (Å²) in [5.74, 6) is 0. The monoisotopic (exact) mass is 238 g/mol. The Morgan fingerprint density at radius 1 is 1.08 bits per heavy atom. The standard InChI is InChI=1S/C5H12O.CHCl3.CH4O/c1-2-3-4-5-6;2-1(3)4;1-2/h6H,2-5H2,1H3;1H;2H,1H3. The molecule has 2 N–H and O–H groups in total. The molecule has 5 heteroatoms. The van der Waals surface area contributed by atoms with Crippen molar-refractivity contribution in [3.05, 3.63) is 0 Å². The average Bonchev–Trinajstić information content (AvgIpc) is 2.04. The van der Waals surface area contributed by atoms with Gasteiger partial charge in [-0.05, 0) is 6.42 Å². The summed E-state index contributed by atoms with van der Waals surface area (Å²) in [5, 5.41) is 15.2. The number of alkyl halides is 3. The molecule has 0 aliphatic carbocycles. The van der Waals surface area contributed by atoms with Gasteiger partial charge in [-0.2, -0.15) is 0 Å². The Labute approximate surface area is 89.4 Å². The second kappa shape index (κ2) is 22.6. The van der Waals surface area contributed by atoms with Gasteiger partial charge in [0.15, 0.2) is 4.30 Å². The van der Waals surface area contributed by atoms with Crippen LogP contribution in [0.5, 0.6) is 0 Å². The fraction of sp³-hybridized carbons (Fsp3) is 1.00. The van der Waals surface area contributed by atoms with Crippen molar-refractivity contribution < 1.29 is 10.2 Å². The molecule has 0 aromatic carbocycles. The van der Waals surface area contributed by atoms with E-state index in [4.69, 9.17) is 45.0 Å². The number of hydrogen-bond donors (Lipinski definition) is 2. The molecule has 0 unspecified atom stereocenters. The Bertz CT molecular complexity index is 47.2. The topological polar surface area (TPSA) is 40.5 Å². The van der Waals surface area contributed by atoms with Crippen LogP contribution in [0.3, 0.4) is 0 Å². The van der Waals surface area contributed by atoms with Gasteiger partial charge in [-0.3, -0.25) is 0 Å².